The molecule has 2 aromatic rings. The summed E-state index contributed by atoms with van der Waals surface area (Å²) in [4.78, 5) is 11.3. The fourth-order valence-electron chi connectivity index (χ4n) is 1.76. The van der Waals surface area contributed by atoms with Gasteiger partial charge in [0.15, 0.2) is 5.78 Å². The summed E-state index contributed by atoms with van der Waals surface area (Å²) < 4.78 is 27.1. The molecule has 1 heterocycles. The van der Waals surface area contributed by atoms with Crippen molar-refractivity contribution in [3.05, 3.63) is 52.2 Å². The smallest absolute Gasteiger partial charge is 0.241 e. The number of benzene rings is 1. The summed E-state index contributed by atoms with van der Waals surface area (Å²) in [7, 11) is -3.58. The molecule has 0 aliphatic rings. The van der Waals surface area contributed by atoms with Gasteiger partial charge < -0.3 is 0 Å². The standard InChI is InChI=1S/C14H15NO3S2/c1-10(13-7-8-19-9-13)15-20(17,18)14-5-3-12(4-6-14)11(2)16/h3-10,15H,1-2H3. The molecule has 6 heteroatoms. The molecule has 106 valence electrons. The van der Waals surface area contributed by atoms with Gasteiger partial charge in [0, 0.05) is 11.6 Å². The van der Waals surface area contributed by atoms with Gasteiger partial charge >= 0.3 is 0 Å². The van der Waals surface area contributed by atoms with Gasteiger partial charge in [-0.2, -0.15) is 11.3 Å². The van der Waals surface area contributed by atoms with Crippen molar-refractivity contribution >= 4 is 27.1 Å². The second kappa shape index (κ2) is 5.87. The largest absolute Gasteiger partial charge is 0.295 e. The Kier molecular flexibility index (Phi) is 4.37. The Hall–Kier alpha value is -1.50. The average Bonchev–Trinajstić information content (AvgIpc) is 2.92. The maximum atomic E-state index is 12.2. The zero-order chi connectivity index (χ0) is 14.8. The zero-order valence-corrected chi connectivity index (χ0v) is 12.8. The zero-order valence-electron chi connectivity index (χ0n) is 11.2. The molecule has 1 N–H and O–H groups in total. The Morgan fingerprint density at radius 3 is 2.35 bits per heavy atom. The highest BCUT2D eigenvalue weighted by molar-refractivity contribution is 7.89. The number of hydrogen-bond donors (Lipinski definition) is 1. The van der Waals surface area contributed by atoms with Crippen molar-refractivity contribution in [1.82, 2.24) is 4.72 Å². The Morgan fingerprint density at radius 2 is 1.85 bits per heavy atom. The van der Waals surface area contributed by atoms with Crippen LogP contribution in [0.15, 0.2) is 46.0 Å². The van der Waals surface area contributed by atoms with Gasteiger partial charge in [0.1, 0.15) is 0 Å². The van der Waals surface area contributed by atoms with Gasteiger partial charge in [0.05, 0.1) is 4.90 Å². The predicted octanol–water partition coefficient (Wildman–Crippen LogP) is 2.99. The molecule has 1 unspecified atom stereocenters. The second-order valence-electron chi connectivity index (χ2n) is 4.48. The quantitative estimate of drug-likeness (QED) is 0.864. The lowest BCUT2D eigenvalue weighted by Crippen LogP contribution is -2.26. The minimum Gasteiger partial charge on any atom is -0.295 e. The van der Waals surface area contributed by atoms with Gasteiger partial charge in [-0.05, 0) is 48.4 Å². The molecule has 4 nitrogen and oxygen atoms in total. The van der Waals surface area contributed by atoms with Crippen LogP contribution in [0.1, 0.15) is 35.8 Å². The molecule has 1 aromatic heterocycles. The first-order valence-corrected chi connectivity index (χ1v) is 8.48. The summed E-state index contributed by atoms with van der Waals surface area (Å²) in [5.41, 5.74) is 1.42. The molecule has 20 heavy (non-hydrogen) atoms. The van der Waals surface area contributed by atoms with E-state index in [1.54, 1.807) is 6.92 Å². The molecule has 0 fully saturated rings. The molecule has 0 spiro atoms. The van der Waals surface area contributed by atoms with E-state index < -0.39 is 10.0 Å². The van der Waals surface area contributed by atoms with E-state index in [0.29, 0.717) is 5.56 Å². The van der Waals surface area contributed by atoms with Crippen LogP contribution in [-0.4, -0.2) is 14.2 Å². The van der Waals surface area contributed by atoms with Gasteiger partial charge in [0.25, 0.3) is 0 Å². The van der Waals surface area contributed by atoms with Crippen molar-refractivity contribution in [2.24, 2.45) is 0 Å². The maximum Gasteiger partial charge on any atom is 0.241 e. The first kappa shape index (κ1) is 14.9. The fourth-order valence-corrected chi connectivity index (χ4v) is 3.75. The molecule has 0 bridgehead atoms. The van der Waals surface area contributed by atoms with Gasteiger partial charge in [-0.1, -0.05) is 12.1 Å². The number of hydrogen-bond acceptors (Lipinski definition) is 4. The molecule has 0 aliphatic carbocycles. The summed E-state index contributed by atoms with van der Waals surface area (Å²) in [6.07, 6.45) is 0. The van der Waals surface area contributed by atoms with Gasteiger partial charge in [-0.25, -0.2) is 13.1 Å². The summed E-state index contributed by atoms with van der Waals surface area (Å²) in [5, 5.41) is 3.81. The fraction of sp³-hybridized carbons (Fsp3) is 0.214. The average molecular weight is 309 g/mol. The third-order valence-corrected chi connectivity index (χ3v) is 5.20. The number of nitrogens with one attached hydrogen (secondary N) is 1. The molecular weight excluding hydrogens is 294 g/mol. The summed E-state index contributed by atoms with van der Waals surface area (Å²) in [6, 6.07) is 7.52. The molecule has 0 aliphatic heterocycles. The molecule has 0 saturated carbocycles. The van der Waals surface area contributed by atoms with E-state index >= 15 is 0 Å². The van der Waals surface area contributed by atoms with Crippen molar-refractivity contribution in [2.75, 3.05) is 0 Å². The highest BCUT2D eigenvalue weighted by Gasteiger charge is 2.18. The Labute approximate surface area is 122 Å². The van der Waals surface area contributed by atoms with Crippen LogP contribution in [0.25, 0.3) is 0 Å². The van der Waals surface area contributed by atoms with E-state index in [2.05, 4.69) is 4.72 Å². The Morgan fingerprint density at radius 1 is 1.20 bits per heavy atom. The summed E-state index contributed by atoms with van der Waals surface area (Å²) in [6.45, 7) is 3.24. The SMILES string of the molecule is CC(=O)c1ccc(S(=O)(=O)NC(C)c2ccsc2)cc1. The number of ketones is 1. The molecule has 0 saturated heterocycles. The Bertz CT molecular complexity index is 689. The molecule has 0 amide bonds. The van der Waals surface area contributed by atoms with Gasteiger partial charge in [-0.3, -0.25) is 4.79 Å². The highest BCUT2D eigenvalue weighted by atomic mass is 32.2. The lowest BCUT2D eigenvalue weighted by molar-refractivity contribution is 0.101. The van der Waals surface area contributed by atoms with Crippen LogP contribution in [0.3, 0.4) is 0 Å². The van der Waals surface area contributed by atoms with Gasteiger partial charge in [-0.15, -0.1) is 0 Å². The lowest BCUT2D eigenvalue weighted by Gasteiger charge is -2.13. The van der Waals surface area contributed by atoms with E-state index in [0.717, 1.165) is 5.56 Å². The van der Waals surface area contributed by atoms with E-state index in [4.69, 9.17) is 0 Å². The number of carbonyl (C=O) groups excluding carboxylic acids is 1. The van der Waals surface area contributed by atoms with Crippen LogP contribution < -0.4 is 4.72 Å². The van der Waals surface area contributed by atoms with Crippen molar-refractivity contribution in [3.8, 4) is 0 Å². The van der Waals surface area contributed by atoms with Crippen LogP contribution in [0.5, 0.6) is 0 Å². The normalized spacial score (nSPS) is 13.1. The van der Waals surface area contributed by atoms with Crippen molar-refractivity contribution in [1.29, 1.82) is 0 Å². The minimum atomic E-state index is -3.58. The Balaban J connectivity index is 2.20. The van der Waals surface area contributed by atoms with E-state index in [1.807, 2.05) is 16.8 Å². The first-order valence-electron chi connectivity index (χ1n) is 6.05. The van der Waals surface area contributed by atoms with Gasteiger partial charge in [0.2, 0.25) is 10.0 Å². The number of rotatable bonds is 5. The van der Waals surface area contributed by atoms with E-state index in [9.17, 15) is 13.2 Å². The van der Waals surface area contributed by atoms with Crippen LogP contribution in [-0.2, 0) is 10.0 Å². The molecule has 1 atom stereocenters. The number of Topliss-reactive ketones (excluding diaryl/α,β-unsaturated/α-hetero) is 1. The molecule has 1 aromatic carbocycles. The maximum absolute atomic E-state index is 12.2. The third-order valence-electron chi connectivity index (χ3n) is 2.95. The van der Waals surface area contributed by atoms with Crippen molar-refractivity contribution in [2.45, 2.75) is 24.8 Å². The first-order chi connectivity index (χ1) is 9.40. The topological polar surface area (TPSA) is 63.2 Å². The minimum absolute atomic E-state index is 0.0893. The lowest BCUT2D eigenvalue weighted by atomic mass is 10.2. The third kappa shape index (κ3) is 3.33. The van der Waals surface area contributed by atoms with Crippen molar-refractivity contribution < 1.29 is 13.2 Å². The molecular formula is C14H15NO3S2. The van der Waals surface area contributed by atoms with Crippen LogP contribution >= 0.6 is 11.3 Å². The number of thiophene rings is 1. The van der Waals surface area contributed by atoms with E-state index in [1.165, 1.54) is 42.5 Å². The number of sulfonamides is 1. The second-order valence-corrected chi connectivity index (χ2v) is 6.97. The highest BCUT2D eigenvalue weighted by Crippen LogP contribution is 2.19. The van der Waals surface area contributed by atoms with Crippen LogP contribution in [0.2, 0.25) is 0 Å². The van der Waals surface area contributed by atoms with E-state index in [-0.39, 0.29) is 16.7 Å². The molecule has 2 rings (SSSR count). The number of carbonyl (C=O) groups is 1. The van der Waals surface area contributed by atoms with Crippen molar-refractivity contribution in [3.63, 3.8) is 0 Å². The summed E-state index contributed by atoms with van der Waals surface area (Å²) in [5.74, 6) is -0.0893. The molecule has 0 radical (unpaired) electrons. The monoisotopic (exact) mass is 309 g/mol. The van der Waals surface area contributed by atoms with Crippen LogP contribution in [0, 0.1) is 0 Å². The predicted molar refractivity (Wildman–Crippen MR) is 79.5 cm³/mol. The summed E-state index contributed by atoms with van der Waals surface area (Å²) >= 11 is 1.52. The van der Waals surface area contributed by atoms with Crippen LogP contribution in [0.4, 0.5) is 0 Å².